The Kier molecular flexibility index (Phi) is 4.23. The molecular weight excluding hydrogens is 376 g/mol. The molecule has 3 heterocycles. The molecule has 0 aliphatic heterocycles. The van der Waals surface area contributed by atoms with Crippen molar-refractivity contribution in [2.24, 2.45) is 7.05 Å². The van der Waals surface area contributed by atoms with Crippen LogP contribution in [0.15, 0.2) is 40.5 Å². The van der Waals surface area contributed by atoms with Gasteiger partial charge in [0, 0.05) is 34.8 Å². The van der Waals surface area contributed by atoms with Crippen LogP contribution in [0.3, 0.4) is 0 Å². The Morgan fingerprint density at radius 3 is 2.61 bits per heavy atom. The number of anilines is 1. The Balaban J connectivity index is 1.76. The van der Waals surface area contributed by atoms with Crippen molar-refractivity contribution < 1.29 is 4.79 Å². The van der Waals surface area contributed by atoms with Gasteiger partial charge in [-0.25, -0.2) is 9.67 Å². The average molecular weight is 394 g/mol. The lowest BCUT2D eigenvalue weighted by molar-refractivity contribution is 0.100. The fourth-order valence-corrected chi connectivity index (χ4v) is 3.79. The van der Waals surface area contributed by atoms with Gasteiger partial charge >= 0.3 is 0 Å². The highest BCUT2D eigenvalue weighted by Gasteiger charge is 2.19. The lowest BCUT2D eigenvalue weighted by Crippen LogP contribution is -2.29. The molecular formula is C19H18N6O2S. The van der Waals surface area contributed by atoms with Crippen molar-refractivity contribution in [2.45, 2.75) is 13.8 Å². The van der Waals surface area contributed by atoms with E-state index in [4.69, 9.17) is 5.73 Å². The Morgan fingerprint density at radius 1 is 1.21 bits per heavy atom. The largest absolute Gasteiger partial charge is 0.375 e. The first-order valence-corrected chi connectivity index (χ1v) is 9.42. The molecule has 1 aromatic carbocycles. The number of carbonyl (C=O) groups excluding carboxylic acids is 1. The molecule has 8 nitrogen and oxygen atoms in total. The number of aromatic nitrogens is 4. The number of hydrogen-bond acceptors (Lipinski definition) is 6. The number of nitrogens with two attached hydrogens (primary N) is 1. The first-order chi connectivity index (χ1) is 13.4. The zero-order valence-corrected chi connectivity index (χ0v) is 16.4. The first kappa shape index (κ1) is 17.9. The maximum Gasteiger partial charge on any atom is 0.291 e. The Labute approximate surface area is 164 Å². The average Bonchev–Trinajstić information content (AvgIpc) is 3.22. The smallest absolute Gasteiger partial charge is 0.291 e. The molecule has 4 rings (SSSR count). The number of hydrogen-bond donors (Lipinski definition) is 2. The van der Waals surface area contributed by atoms with Crippen molar-refractivity contribution in [2.75, 3.05) is 11.2 Å². The molecule has 28 heavy (non-hydrogen) atoms. The van der Waals surface area contributed by atoms with Crippen LogP contribution in [0.1, 0.15) is 21.9 Å². The van der Waals surface area contributed by atoms with Crippen LogP contribution in [0.2, 0.25) is 0 Å². The normalized spacial score (nSPS) is 11.1. The minimum absolute atomic E-state index is 0.185. The highest BCUT2D eigenvalue weighted by molar-refractivity contribution is 7.13. The molecule has 4 aromatic rings. The van der Waals surface area contributed by atoms with E-state index in [2.05, 4.69) is 15.5 Å². The molecule has 3 N–H and O–H groups in total. The predicted octanol–water partition coefficient (Wildman–Crippen LogP) is 2.44. The topological polar surface area (TPSA) is 108 Å². The van der Waals surface area contributed by atoms with Crippen molar-refractivity contribution in [3.63, 3.8) is 0 Å². The highest BCUT2D eigenvalue weighted by atomic mass is 32.1. The highest BCUT2D eigenvalue weighted by Crippen LogP contribution is 2.28. The molecule has 1 amide bonds. The van der Waals surface area contributed by atoms with Crippen molar-refractivity contribution >= 4 is 33.1 Å². The second kappa shape index (κ2) is 6.61. The van der Waals surface area contributed by atoms with Gasteiger partial charge in [0.15, 0.2) is 10.8 Å². The number of nitrogen functional groups attached to an aromatic ring is 1. The van der Waals surface area contributed by atoms with Crippen LogP contribution >= 0.6 is 11.3 Å². The van der Waals surface area contributed by atoms with Gasteiger partial charge in [-0.3, -0.25) is 19.7 Å². The second-order valence-corrected chi connectivity index (χ2v) is 7.34. The van der Waals surface area contributed by atoms with Gasteiger partial charge in [-0.1, -0.05) is 18.2 Å². The van der Waals surface area contributed by atoms with Gasteiger partial charge in [0.1, 0.15) is 0 Å². The summed E-state index contributed by atoms with van der Waals surface area (Å²) in [6, 6.07) is 8.88. The summed E-state index contributed by atoms with van der Waals surface area (Å²) in [6.45, 7) is 3.78. The monoisotopic (exact) mass is 394 g/mol. The van der Waals surface area contributed by atoms with Crippen LogP contribution in [-0.2, 0) is 7.05 Å². The number of benzene rings is 1. The van der Waals surface area contributed by atoms with Gasteiger partial charge in [0.2, 0.25) is 0 Å². The van der Waals surface area contributed by atoms with Crippen LogP contribution in [0.25, 0.3) is 22.0 Å². The number of carbonyl (C=O) groups is 1. The van der Waals surface area contributed by atoms with Crippen molar-refractivity contribution in [1.29, 1.82) is 0 Å². The zero-order chi connectivity index (χ0) is 20.0. The lowest BCUT2D eigenvalue weighted by atomic mass is 10.1. The number of thiazole rings is 1. The molecule has 0 saturated carbocycles. The van der Waals surface area contributed by atoms with Crippen LogP contribution < -0.4 is 16.7 Å². The Bertz CT molecular complexity index is 1280. The SMILES string of the molecule is Cc1cc(-c2csc(N)n2)c(C)n1NC(=O)c1nn(C)c(=O)c2ccccc12. The molecule has 0 aliphatic carbocycles. The summed E-state index contributed by atoms with van der Waals surface area (Å²) >= 11 is 1.37. The van der Waals surface area contributed by atoms with Crippen molar-refractivity contribution in [1.82, 2.24) is 19.4 Å². The third-order valence-corrected chi connectivity index (χ3v) is 5.29. The summed E-state index contributed by atoms with van der Waals surface area (Å²) in [7, 11) is 1.53. The molecule has 0 bridgehead atoms. The van der Waals surface area contributed by atoms with E-state index in [1.807, 2.05) is 25.3 Å². The summed E-state index contributed by atoms with van der Waals surface area (Å²) in [4.78, 5) is 29.6. The van der Waals surface area contributed by atoms with Gasteiger partial charge in [-0.05, 0) is 26.0 Å². The van der Waals surface area contributed by atoms with Gasteiger partial charge < -0.3 is 5.73 Å². The van der Waals surface area contributed by atoms with E-state index in [-0.39, 0.29) is 11.3 Å². The van der Waals surface area contributed by atoms with E-state index in [0.29, 0.717) is 15.9 Å². The van der Waals surface area contributed by atoms with Gasteiger partial charge in [0.25, 0.3) is 11.5 Å². The van der Waals surface area contributed by atoms with E-state index in [0.717, 1.165) is 22.6 Å². The predicted molar refractivity (Wildman–Crippen MR) is 110 cm³/mol. The number of fused-ring (bicyclic) bond motifs is 1. The summed E-state index contributed by atoms with van der Waals surface area (Å²) < 4.78 is 2.87. The van der Waals surface area contributed by atoms with Crippen LogP contribution in [-0.4, -0.2) is 25.3 Å². The van der Waals surface area contributed by atoms with Crippen LogP contribution in [0, 0.1) is 13.8 Å². The number of aryl methyl sites for hydroxylation is 2. The zero-order valence-electron chi connectivity index (χ0n) is 15.6. The van der Waals surface area contributed by atoms with E-state index in [1.54, 1.807) is 28.9 Å². The molecule has 142 valence electrons. The molecule has 0 atom stereocenters. The quantitative estimate of drug-likeness (QED) is 0.555. The third kappa shape index (κ3) is 2.85. The number of amides is 1. The van der Waals surface area contributed by atoms with Crippen molar-refractivity contribution in [3.05, 3.63) is 63.1 Å². The Morgan fingerprint density at radius 2 is 1.93 bits per heavy atom. The summed E-state index contributed by atoms with van der Waals surface area (Å²) in [5.74, 6) is -0.405. The summed E-state index contributed by atoms with van der Waals surface area (Å²) in [5, 5.41) is 7.51. The van der Waals surface area contributed by atoms with Gasteiger partial charge in [0.05, 0.1) is 11.1 Å². The fourth-order valence-electron chi connectivity index (χ4n) is 3.23. The maximum absolute atomic E-state index is 13.0. The molecule has 9 heteroatoms. The molecule has 0 spiro atoms. The molecule has 0 unspecified atom stereocenters. The van der Waals surface area contributed by atoms with E-state index in [9.17, 15) is 9.59 Å². The van der Waals surface area contributed by atoms with Crippen molar-refractivity contribution in [3.8, 4) is 11.3 Å². The number of rotatable bonds is 3. The molecule has 0 fully saturated rings. The lowest BCUT2D eigenvalue weighted by Gasteiger charge is -2.13. The molecule has 0 saturated heterocycles. The third-order valence-electron chi connectivity index (χ3n) is 4.61. The van der Waals surface area contributed by atoms with Crippen LogP contribution in [0.5, 0.6) is 0 Å². The van der Waals surface area contributed by atoms with E-state index in [1.165, 1.54) is 23.1 Å². The summed E-state index contributed by atoms with van der Waals surface area (Å²) in [6.07, 6.45) is 0. The minimum Gasteiger partial charge on any atom is -0.375 e. The molecule has 3 aromatic heterocycles. The van der Waals surface area contributed by atoms with E-state index >= 15 is 0 Å². The first-order valence-electron chi connectivity index (χ1n) is 8.54. The number of nitrogens with one attached hydrogen (secondary N) is 1. The molecule has 0 radical (unpaired) electrons. The van der Waals surface area contributed by atoms with E-state index < -0.39 is 5.91 Å². The Hall–Kier alpha value is -3.46. The maximum atomic E-state index is 13.0. The minimum atomic E-state index is -0.405. The molecule has 0 aliphatic rings. The number of nitrogens with zero attached hydrogens (tertiary/aromatic N) is 4. The second-order valence-electron chi connectivity index (χ2n) is 6.46. The standard InChI is InChI=1S/C19H18N6O2S/c1-10-8-14(15-9-28-19(20)21-15)11(2)25(10)23-17(26)16-12-6-4-5-7-13(12)18(27)24(3)22-16/h4-9H,1-3H3,(H2,20,21)(H,23,26). The summed E-state index contributed by atoms with van der Waals surface area (Å²) in [5.41, 5.74) is 11.9. The van der Waals surface area contributed by atoms with Gasteiger partial charge in [-0.15, -0.1) is 11.3 Å². The van der Waals surface area contributed by atoms with Gasteiger partial charge in [-0.2, -0.15) is 5.10 Å². The van der Waals surface area contributed by atoms with Crippen LogP contribution in [0.4, 0.5) is 5.13 Å². The fraction of sp³-hybridized carbons (Fsp3) is 0.158.